The van der Waals surface area contributed by atoms with Crippen LogP contribution in [0.3, 0.4) is 0 Å². The van der Waals surface area contributed by atoms with Crippen LogP contribution in [0.2, 0.25) is 0 Å². The van der Waals surface area contributed by atoms with Crippen LogP contribution >= 0.6 is 0 Å². The molecular formula is C30H35N7O2. The number of hydrogen-bond acceptors (Lipinski definition) is 8. The molecule has 2 aromatic heterocycles. The van der Waals surface area contributed by atoms with E-state index in [2.05, 4.69) is 37.7 Å². The summed E-state index contributed by atoms with van der Waals surface area (Å²) in [6, 6.07) is 9.75. The van der Waals surface area contributed by atoms with Crippen LogP contribution in [0, 0.1) is 24.7 Å². The van der Waals surface area contributed by atoms with Gasteiger partial charge in [0, 0.05) is 48.0 Å². The molecule has 2 fully saturated rings. The number of aryl methyl sites for hydroxylation is 1. The molecule has 6 rings (SSSR count). The van der Waals surface area contributed by atoms with Crippen molar-refractivity contribution in [2.24, 2.45) is 23.5 Å². The summed E-state index contributed by atoms with van der Waals surface area (Å²) in [7, 11) is 0. The average Bonchev–Trinajstić information content (AvgIpc) is 3.69. The third-order valence-corrected chi connectivity index (χ3v) is 8.15. The number of nitrogens with two attached hydrogens (primary N) is 1. The van der Waals surface area contributed by atoms with Crippen LogP contribution in [0.1, 0.15) is 24.8 Å². The van der Waals surface area contributed by atoms with E-state index in [0.29, 0.717) is 18.4 Å². The van der Waals surface area contributed by atoms with E-state index in [1.54, 1.807) is 18.6 Å². The molecule has 0 spiro atoms. The fraction of sp³-hybridized carbons (Fsp3) is 0.400. The van der Waals surface area contributed by atoms with Gasteiger partial charge in [0.1, 0.15) is 18.2 Å². The Morgan fingerprint density at radius 2 is 2.00 bits per heavy atom. The summed E-state index contributed by atoms with van der Waals surface area (Å²) < 4.78 is 6.06. The predicted molar refractivity (Wildman–Crippen MR) is 152 cm³/mol. The van der Waals surface area contributed by atoms with Gasteiger partial charge in [0.15, 0.2) is 0 Å². The van der Waals surface area contributed by atoms with Gasteiger partial charge < -0.3 is 21.1 Å². The number of carbonyl (C=O) groups is 1. The Morgan fingerprint density at radius 1 is 1.15 bits per heavy atom. The summed E-state index contributed by atoms with van der Waals surface area (Å²) in [5.74, 6) is 1.85. The second kappa shape index (κ2) is 11.0. The van der Waals surface area contributed by atoms with E-state index in [4.69, 9.17) is 15.5 Å². The molecule has 3 aliphatic rings. The Morgan fingerprint density at radius 3 is 2.77 bits per heavy atom. The summed E-state index contributed by atoms with van der Waals surface area (Å²) in [4.78, 5) is 28.5. The number of aromatic nitrogens is 3. The number of carbonyl (C=O) groups excluding carboxylic acids is 1. The van der Waals surface area contributed by atoms with Crippen LogP contribution < -0.4 is 21.1 Å². The van der Waals surface area contributed by atoms with E-state index in [-0.39, 0.29) is 29.7 Å². The summed E-state index contributed by atoms with van der Waals surface area (Å²) in [5, 5.41) is 6.91. The standard InChI is InChI=1S/C30H35N7O2/c1-19-15-23(8-9-25(19)39-14-13-37-11-2-3-12-37)34-30-33-18-24(22-5-4-10-32-17-22)29(36-30)35-27-21-7-6-20(16-21)26(27)28(31)38/h4-10,15,17-18,20-21,26-27H,2-3,11-14,16H2,1H3,(H2,31,38)(H2,33,34,35,36)/t20-,21+,26+,27-/m1/s1. The van der Waals surface area contributed by atoms with Gasteiger partial charge in [-0.05, 0) is 80.9 Å². The van der Waals surface area contributed by atoms with Gasteiger partial charge in [-0.25, -0.2) is 4.98 Å². The van der Waals surface area contributed by atoms with Crippen molar-refractivity contribution in [3.05, 3.63) is 66.6 Å². The summed E-state index contributed by atoms with van der Waals surface area (Å²) in [6.45, 7) is 6.03. The Balaban J connectivity index is 1.21. The maximum atomic E-state index is 12.3. The molecule has 4 N–H and O–H groups in total. The smallest absolute Gasteiger partial charge is 0.229 e. The molecule has 9 nitrogen and oxygen atoms in total. The molecule has 3 heterocycles. The predicted octanol–water partition coefficient (Wildman–Crippen LogP) is 4.15. The molecule has 1 aromatic carbocycles. The van der Waals surface area contributed by atoms with Crippen LogP contribution in [0.4, 0.5) is 17.5 Å². The average molecular weight is 526 g/mol. The van der Waals surface area contributed by atoms with Crippen LogP contribution in [0.5, 0.6) is 5.75 Å². The number of amides is 1. The quantitative estimate of drug-likeness (QED) is 0.338. The Bertz CT molecular complexity index is 1360. The molecular weight excluding hydrogens is 490 g/mol. The van der Waals surface area contributed by atoms with Crippen molar-refractivity contribution in [2.45, 2.75) is 32.2 Å². The molecule has 3 aromatic rings. The SMILES string of the molecule is Cc1cc(Nc2ncc(-c3cccnc3)c(N[C@H]3[C@@H](C(N)=O)[C@@H]4C=C[C@H]3C4)n2)ccc1OCCN1CCCC1. The number of nitrogens with one attached hydrogen (secondary N) is 2. The molecule has 0 unspecified atom stereocenters. The molecule has 4 atom stereocenters. The highest BCUT2D eigenvalue weighted by atomic mass is 16.5. The van der Waals surface area contributed by atoms with Crippen LogP contribution in [-0.4, -0.2) is 58.0 Å². The van der Waals surface area contributed by atoms with Gasteiger partial charge in [0.25, 0.3) is 0 Å². The summed E-state index contributed by atoms with van der Waals surface area (Å²) in [5.41, 5.74) is 9.45. The number of hydrogen-bond donors (Lipinski definition) is 3. The number of benzene rings is 1. The minimum Gasteiger partial charge on any atom is -0.492 e. The van der Waals surface area contributed by atoms with E-state index in [9.17, 15) is 4.79 Å². The number of pyridine rings is 1. The van der Waals surface area contributed by atoms with E-state index >= 15 is 0 Å². The van der Waals surface area contributed by atoms with Gasteiger partial charge in [-0.3, -0.25) is 14.7 Å². The zero-order valence-electron chi connectivity index (χ0n) is 22.2. The highest BCUT2D eigenvalue weighted by molar-refractivity contribution is 5.81. The maximum Gasteiger partial charge on any atom is 0.229 e. The number of anilines is 3. The molecule has 2 aliphatic carbocycles. The van der Waals surface area contributed by atoms with Gasteiger partial charge in [-0.2, -0.15) is 4.98 Å². The van der Waals surface area contributed by atoms with Crippen molar-refractivity contribution in [1.82, 2.24) is 19.9 Å². The van der Waals surface area contributed by atoms with Gasteiger partial charge in [-0.1, -0.05) is 18.2 Å². The first-order valence-corrected chi connectivity index (χ1v) is 13.8. The van der Waals surface area contributed by atoms with Crippen molar-refractivity contribution in [2.75, 3.05) is 36.9 Å². The van der Waals surface area contributed by atoms with E-state index in [1.165, 1.54) is 25.9 Å². The second-order valence-corrected chi connectivity index (χ2v) is 10.7. The highest BCUT2D eigenvalue weighted by Crippen LogP contribution is 2.45. The molecule has 9 heteroatoms. The van der Waals surface area contributed by atoms with Crippen LogP contribution in [-0.2, 0) is 4.79 Å². The van der Waals surface area contributed by atoms with Gasteiger partial charge >= 0.3 is 0 Å². The molecule has 1 amide bonds. The molecule has 39 heavy (non-hydrogen) atoms. The molecule has 202 valence electrons. The van der Waals surface area contributed by atoms with E-state index in [0.717, 1.165) is 41.1 Å². The number of ether oxygens (including phenoxy) is 1. The number of nitrogens with zero attached hydrogens (tertiary/aromatic N) is 4. The number of likely N-dealkylation sites (tertiary alicyclic amines) is 1. The van der Waals surface area contributed by atoms with E-state index in [1.807, 2.05) is 37.3 Å². The number of fused-ring (bicyclic) bond motifs is 2. The second-order valence-electron chi connectivity index (χ2n) is 10.7. The lowest BCUT2D eigenvalue weighted by Gasteiger charge is -2.28. The Labute approximate surface area is 228 Å². The number of rotatable bonds is 10. The van der Waals surface area contributed by atoms with Crippen molar-refractivity contribution >= 4 is 23.4 Å². The third-order valence-electron chi connectivity index (χ3n) is 8.15. The number of primary amides is 1. The molecule has 2 bridgehead atoms. The first-order valence-electron chi connectivity index (χ1n) is 13.8. The first-order chi connectivity index (χ1) is 19.0. The Hall–Kier alpha value is -3.98. The van der Waals surface area contributed by atoms with Gasteiger partial charge in [-0.15, -0.1) is 0 Å². The van der Waals surface area contributed by atoms with E-state index < -0.39 is 0 Å². The van der Waals surface area contributed by atoms with Crippen molar-refractivity contribution < 1.29 is 9.53 Å². The summed E-state index contributed by atoms with van der Waals surface area (Å²) in [6.07, 6.45) is 13.1. The van der Waals surface area contributed by atoms with Crippen molar-refractivity contribution in [3.63, 3.8) is 0 Å². The van der Waals surface area contributed by atoms with Crippen molar-refractivity contribution in [3.8, 4) is 16.9 Å². The largest absolute Gasteiger partial charge is 0.492 e. The fourth-order valence-electron chi connectivity index (χ4n) is 6.16. The van der Waals surface area contributed by atoms with Crippen LogP contribution in [0.25, 0.3) is 11.1 Å². The van der Waals surface area contributed by atoms with Crippen LogP contribution in [0.15, 0.2) is 61.1 Å². The van der Waals surface area contributed by atoms with Crippen molar-refractivity contribution in [1.29, 1.82) is 0 Å². The topological polar surface area (TPSA) is 118 Å². The molecule has 1 saturated carbocycles. The minimum atomic E-state index is -0.280. The van der Waals surface area contributed by atoms with Gasteiger partial charge in [0.2, 0.25) is 11.9 Å². The van der Waals surface area contributed by atoms with Gasteiger partial charge in [0.05, 0.1) is 5.92 Å². The molecule has 1 saturated heterocycles. The normalized spacial score (nSPS) is 23.7. The minimum absolute atomic E-state index is 0.116. The number of allylic oxidation sites excluding steroid dienone is 1. The maximum absolute atomic E-state index is 12.3. The lowest BCUT2D eigenvalue weighted by Crippen LogP contribution is -2.41. The first kappa shape index (κ1) is 25.3. The zero-order valence-corrected chi connectivity index (χ0v) is 22.2. The zero-order chi connectivity index (χ0) is 26.8. The lowest BCUT2D eigenvalue weighted by molar-refractivity contribution is -0.122. The lowest BCUT2D eigenvalue weighted by atomic mass is 9.88. The third kappa shape index (κ3) is 5.45. The monoisotopic (exact) mass is 525 g/mol. The molecule has 0 radical (unpaired) electrons. The highest BCUT2D eigenvalue weighted by Gasteiger charge is 2.47. The summed E-state index contributed by atoms with van der Waals surface area (Å²) >= 11 is 0. The Kier molecular flexibility index (Phi) is 7.15. The molecule has 1 aliphatic heterocycles. The fourth-order valence-corrected chi connectivity index (χ4v) is 6.16.